The van der Waals surface area contributed by atoms with Gasteiger partial charge in [-0.2, -0.15) is 0 Å². The van der Waals surface area contributed by atoms with E-state index in [1.165, 1.54) is 16.3 Å². The summed E-state index contributed by atoms with van der Waals surface area (Å²) in [7, 11) is 0. The van der Waals surface area contributed by atoms with Crippen molar-refractivity contribution in [3.05, 3.63) is 107 Å². The summed E-state index contributed by atoms with van der Waals surface area (Å²) < 4.78 is 0. The molecular formula is C25H18ClNO2. The van der Waals surface area contributed by atoms with Crippen molar-refractivity contribution in [1.82, 2.24) is 0 Å². The second kappa shape index (κ2) is 6.94. The molecule has 4 heteroatoms. The Kier molecular flexibility index (Phi) is 4.26. The van der Waals surface area contributed by atoms with Crippen molar-refractivity contribution in [2.24, 2.45) is 0 Å². The lowest BCUT2D eigenvalue weighted by molar-refractivity contribution is 0.0697. The molecule has 0 saturated carbocycles. The number of halogens is 1. The Morgan fingerprint density at radius 2 is 1.72 bits per heavy atom. The lowest BCUT2D eigenvalue weighted by Gasteiger charge is -2.28. The van der Waals surface area contributed by atoms with Gasteiger partial charge in [-0.1, -0.05) is 60.1 Å². The molecular weight excluding hydrogens is 382 g/mol. The normalized spacial score (nSPS) is 15.5. The second-order valence-corrected chi connectivity index (χ2v) is 7.72. The molecule has 1 heterocycles. The van der Waals surface area contributed by atoms with Gasteiger partial charge in [0.15, 0.2) is 0 Å². The van der Waals surface area contributed by atoms with Crippen LogP contribution in [0.5, 0.6) is 0 Å². The first-order valence-corrected chi connectivity index (χ1v) is 9.88. The molecule has 3 nitrogen and oxygen atoms in total. The summed E-state index contributed by atoms with van der Waals surface area (Å²) in [6.07, 6.45) is 0.843. The Hall–Kier alpha value is -3.30. The molecule has 0 aliphatic carbocycles. The van der Waals surface area contributed by atoms with Gasteiger partial charge in [0.05, 0.1) is 11.6 Å². The summed E-state index contributed by atoms with van der Waals surface area (Å²) >= 11 is 6.12. The van der Waals surface area contributed by atoms with Gasteiger partial charge in [-0.15, -0.1) is 0 Å². The molecule has 5 rings (SSSR count). The molecule has 0 aromatic heterocycles. The van der Waals surface area contributed by atoms with E-state index in [1.54, 1.807) is 18.2 Å². The van der Waals surface area contributed by atoms with Gasteiger partial charge in [0.25, 0.3) is 0 Å². The zero-order valence-corrected chi connectivity index (χ0v) is 16.3. The predicted octanol–water partition coefficient (Wildman–Crippen LogP) is 6.63. The highest BCUT2D eigenvalue weighted by molar-refractivity contribution is 6.30. The van der Waals surface area contributed by atoms with E-state index in [4.69, 9.17) is 11.6 Å². The van der Waals surface area contributed by atoms with Gasteiger partial charge in [0.2, 0.25) is 0 Å². The van der Waals surface area contributed by atoms with Crippen LogP contribution < -0.4 is 4.90 Å². The third kappa shape index (κ3) is 3.04. The van der Waals surface area contributed by atoms with Crippen LogP contribution in [0.25, 0.3) is 10.8 Å². The van der Waals surface area contributed by atoms with E-state index in [2.05, 4.69) is 53.4 Å². The third-order valence-corrected chi connectivity index (χ3v) is 5.86. The van der Waals surface area contributed by atoms with Gasteiger partial charge in [-0.25, -0.2) is 4.79 Å². The summed E-state index contributed by atoms with van der Waals surface area (Å²) in [5.74, 6) is -0.923. The number of hydrogen-bond donors (Lipinski definition) is 1. The first-order chi connectivity index (χ1) is 14.1. The van der Waals surface area contributed by atoms with Crippen LogP contribution in [-0.4, -0.2) is 11.1 Å². The zero-order chi connectivity index (χ0) is 20.0. The van der Waals surface area contributed by atoms with Gasteiger partial charge in [0, 0.05) is 16.4 Å². The Morgan fingerprint density at radius 3 is 2.52 bits per heavy atom. The second-order valence-electron chi connectivity index (χ2n) is 7.28. The summed E-state index contributed by atoms with van der Waals surface area (Å²) in [4.78, 5) is 13.8. The fourth-order valence-electron chi connectivity index (χ4n) is 4.28. The number of rotatable bonds is 3. The van der Waals surface area contributed by atoms with Crippen molar-refractivity contribution in [2.45, 2.75) is 12.5 Å². The maximum Gasteiger partial charge on any atom is 0.335 e. The average molecular weight is 400 g/mol. The van der Waals surface area contributed by atoms with Crippen LogP contribution in [0.3, 0.4) is 0 Å². The molecule has 0 radical (unpaired) electrons. The topological polar surface area (TPSA) is 40.5 Å². The molecule has 4 aromatic carbocycles. The maximum absolute atomic E-state index is 11.5. The van der Waals surface area contributed by atoms with Crippen LogP contribution in [0.4, 0.5) is 11.4 Å². The summed E-state index contributed by atoms with van der Waals surface area (Å²) in [5.41, 5.74) is 4.70. The number of anilines is 2. The van der Waals surface area contributed by atoms with E-state index < -0.39 is 5.97 Å². The van der Waals surface area contributed by atoms with Crippen LogP contribution in [0.15, 0.2) is 84.9 Å². The van der Waals surface area contributed by atoms with E-state index in [0.29, 0.717) is 5.02 Å². The van der Waals surface area contributed by atoms with Crippen LogP contribution in [-0.2, 0) is 6.42 Å². The lowest BCUT2D eigenvalue weighted by Crippen LogP contribution is -2.20. The van der Waals surface area contributed by atoms with Gasteiger partial charge < -0.3 is 10.0 Å². The van der Waals surface area contributed by atoms with Crippen molar-refractivity contribution in [2.75, 3.05) is 4.90 Å². The minimum absolute atomic E-state index is 0.0668. The third-order valence-electron chi connectivity index (χ3n) is 5.61. The van der Waals surface area contributed by atoms with E-state index in [0.717, 1.165) is 23.4 Å². The van der Waals surface area contributed by atoms with Crippen molar-refractivity contribution < 1.29 is 9.90 Å². The maximum atomic E-state index is 11.5. The quantitative estimate of drug-likeness (QED) is 0.420. The molecule has 1 aliphatic heterocycles. The van der Waals surface area contributed by atoms with Crippen LogP contribution in [0.1, 0.15) is 27.5 Å². The lowest BCUT2D eigenvalue weighted by atomic mass is 9.98. The standard InChI is InChI=1S/C25H18ClNO2/c26-19-11-8-17(9-12-19)24-15-22-21-7-2-1-4-16(21)10-13-23(22)27(24)20-6-3-5-18(14-20)25(28)29/h1-14,24H,15H2,(H,28,29). The minimum Gasteiger partial charge on any atom is -0.478 e. The fraction of sp³-hybridized carbons (Fsp3) is 0.0800. The van der Waals surface area contributed by atoms with Gasteiger partial charge in [-0.3, -0.25) is 0 Å². The molecule has 0 bridgehead atoms. The van der Waals surface area contributed by atoms with E-state index >= 15 is 0 Å². The number of fused-ring (bicyclic) bond motifs is 3. The van der Waals surface area contributed by atoms with E-state index in [-0.39, 0.29) is 11.6 Å². The number of nitrogens with zero attached hydrogens (tertiary/aromatic N) is 1. The molecule has 1 aliphatic rings. The molecule has 0 saturated heterocycles. The molecule has 1 N–H and O–H groups in total. The van der Waals surface area contributed by atoms with Gasteiger partial charge in [-0.05, 0) is 64.7 Å². The monoisotopic (exact) mass is 399 g/mol. The first-order valence-electron chi connectivity index (χ1n) is 9.50. The Bertz CT molecular complexity index is 1230. The smallest absolute Gasteiger partial charge is 0.335 e. The molecule has 0 spiro atoms. The summed E-state index contributed by atoms with van der Waals surface area (Å²) in [5, 5.41) is 12.6. The summed E-state index contributed by atoms with van der Waals surface area (Å²) in [6.45, 7) is 0. The van der Waals surface area contributed by atoms with Crippen molar-refractivity contribution in [3.8, 4) is 0 Å². The predicted molar refractivity (Wildman–Crippen MR) is 117 cm³/mol. The Balaban J connectivity index is 1.72. The number of benzene rings is 4. The van der Waals surface area contributed by atoms with E-state index in [9.17, 15) is 9.90 Å². The van der Waals surface area contributed by atoms with Gasteiger partial charge >= 0.3 is 5.97 Å². The molecule has 1 unspecified atom stereocenters. The number of hydrogen-bond acceptors (Lipinski definition) is 2. The van der Waals surface area contributed by atoms with E-state index in [1.807, 2.05) is 18.2 Å². The molecule has 142 valence electrons. The van der Waals surface area contributed by atoms with Crippen LogP contribution in [0.2, 0.25) is 5.02 Å². The molecule has 29 heavy (non-hydrogen) atoms. The van der Waals surface area contributed by atoms with Crippen molar-refractivity contribution in [3.63, 3.8) is 0 Å². The Labute approximate surface area is 173 Å². The highest BCUT2D eigenvalue weighted by Gasteiger charge is 2.33. The Morgan fingerprint density at radius 1 is 0.931 bits per heavy atom. The van der Waals surface area contributed by atoms with Crippen LogP contribution in [0, 0.1) is 0 Å². The minimum atomic E-state index is -0.923. The SMILES string of the molecule is O=C(O)c1cccc(N2c3ccc4ccccc4c3CC2c2ccc(Cl)cc2)c1. The first kappa shape index (κ1) is 17.8. The number of carboxylic acids is 1. The number of carboxylic acid groups (broad SMARTS) is 1. The largest absolute Gasteiger partial charge is 0.478 e. The molecule has 1 atom stereocenters. The highest BCUT2D eigenvalue weighted by atomic mass is 35.5. The fourth-order valence-corrected chi connectivity index (χ4v) is 4.40. The highest BCUT2D eigenvalue weighted by Crippen LogP contribution is 2.48. The molecule has 0 fully saturated rings. The van der Waals surface area contributed by atoms with Gasteiger partial charge in [0.1, 0.15) is 0 Å². The number of carbonyl (C=O) groups is 1. The van der Waals surface area contributed by atoms with Crippen molar-refractivity contribution in [1.29, 1.82) is 0 Å². The number of aromatic carboxylic acids is 1. The molecule has 4 aromatic rings. The van der Waals surface area contributed by atoms with Crippen LogP contribution >= 0.6 is 11.6 Å². The average Bonchev–Trinajstić information content (AvgIpc) is 3.14. The zero-order valence-electron chi connectivity index (χ0n) is 15.5. The summed E-state index contributed by atoms with van der Waals surface area (Å²) in [6, 6.07) is 27.8. The van der Waals surface area contributed by atoms with Crippen molar-refractivity contribution >= 4 is 39.7 Å². The molecule has 0 amide bonds.